The Balaban J connectivity index is 3.86. The van der Waals surface area contributed by atoms with Gasteiger partial charge in [-0.05, 0) is 45.4 Å². The second kappa shape index (κ2) is 8.46. The first-order valence-corrected chi connectivity index (χ1v) is 5.87. The SMILES string of the molecule is C=N/C(=C\C=C(C)C)CCCCC(C)C. The van der Waals surface area contributed by atoms with Crippen LogP contribution in [0, 0.1) is 5.92 Å². The quantitative estimate of drug-likeness (QED) is 0.324. The van der Waals surface area contributed by atoms with Crippen LogP contribution >= 0.6 is 0 Å². The molecule has 0 amide bonds. The van der Waals surface area contributed by atoms with E-state index in [1.165, 1.54) is 24.8 Å². The van der Waals surface area contributed by atoms with E-state index in [2.05, 4.69) is 51.6 Å². The zero-order chi connectivity index (χ0) is 11.7. The summed E-state index contributed by atoms with van der Waals surface area (Å²) in [5.74, 6) is 0.812. The fourth-order valence-corrected chi connectivity index (χ4v) is 1.34. The number of rotatable bonds is 7. The van der Waals surface area contributed by atoms with Crippen LogP contribution in [-0.4, -0.2) is 6.72 Å². The number of unbranched alkanes of at least 4 members (excludes halogenated alkanes) is 1. The first-order chi connectivity index (χ1) is 7.06. The van der Waals surface area contributed by atoms with Gasteiger partial charge in [0.2, 0.25) is 0 Å². The average molecular weight is 207 g/mol. The summed E-state index contributed by atoms with van der Waals surface area (Å²) < 4.78 is 0. The van der Waals surface area contributed by atoms with Crippen molar-refractivity contribution in [1.29, 1.82) is 0 Å². The predicted molar refractivity (Wildman–Crippen MR) is 70.4 cm³/mol. The third kappa shape index (κ3) is 9.45. The molecule has 0 aromatic rings. The monoisotopic (exact) mass is 207 g/mol. The Kier molecular flexibility index (Phi) is 7.98. The largest absolute Gasteiger partial charge is 0.269 e. The molecule has 0 fully saturated rings. The Bertz CT molecular complexity index is 230. The van der Waals surface area contributed by atoms with Crippen LogP contribution < -0.4 is 0 Å². The van der Waals surface area contributed by atoms with Gasteiger partial charge in [-0.15, -0.1) is 0 Å². The lowest BCUT2D eigenvalue weighted by Gasteiger charge is -2.04. The Labute approximate surface area is 95.0 Å². The minimum absolute atomic E-state index is 0.812. The summed E-state index contributed by atoms with van der Waals surface area (Å²) in [6, 6.07) is 0. The molecule has 0 atom stereocenters. The van der Waals surface area contributed by atoms with E-state index in [0.29, 0.717) is 0 Å². The molecule has 15 heavy (non-hydrogen) atoms. The number of aliphatic imine (C=N–C) groups is 1. The van der Waals surface area contributed by atoms with E-state index in [-0.39, 0.29) is 0 Å². The minimum atomic E-state index is 0.812. The third-order valence-electron chi connectivity index (χ3n) is 2.28. The topological polar surface area (TPSA) is 12.4 Å². The van der Waals surface area contributed by atoms with Gasteiger partial charge >= 0.3 is 0 Å². The van der Waals surface area contributed by atoms with Crippen LogP contribution in [0.5, 0.6) is 0 Å². The molecule has 0 aromatic carbocycles. The van der Waals surface area contributed by atoms with Crippen molar-refractivity contribution in [2.24, 2.45) is 10.9 Å². The van der Waals surface area contributed by atoms with Crippen molar-refractivity contribution >= 4 is 6.72 Å². The van der Waals surface area contributed by atoms with Crippen LogP contribution in [0.4, 0.5) is 0 Å². The third-order valence-corrected chi connectivity index (χ3v) is 2.28. The molecule has 0 aliphatic heterocycles. The van der Waals surface area contributed by atoms with E-state index in [1.807, 2.05) is 0 Å². The summed E-state index contributed by atoms with van der Waals surface area (Å²) in [4.78, 5) is 4.04. The standard InChI is InChI=1S/C14H25N/c1-12(2)8-6-7-9-14(15-5)11-10-13(3)4/h10-12H,5-9H2,1-4H3/b14-11-. The Morgan fingerprint density at radius 3 is 2.33 bits per heavy atom. The van der Waals surface area contributed by atoms with Crippen LogP contribution in [0.2, 0.25) is 0 Å². The van der Waals surface area contributed by atoms with E-state index in [0.717, 1.165) is 18.0 Å². The molecule has 0 saturated heterocycles. The summed E-state index contributed by atoms with van der Waals surface area (Å²) in [5, 5.41) is 0. The van der Waals surface area contributed by atoms with Crippen LogP contribution in [0.15, 0.2) is 28.4 Å². The number of hydrogen-bond acceptors (Lipinski definition) is 1. The average Bonchev–Trinajstić information content (AvgIpc) is 2.16. The van der Waals surface area contributed by atoms with Crippen LogP contribution in [0.25, 0.3) is 0 Å². The summed E-state index contributed by atoms with van der Waals surface area (Å²) in [6.45, 7) is 12.3. The molecule has 0 saturated carbocycles. The molecule has 0 spiro atoms. The van der Waals surface area contributed by atoms with Crippen LogP contribution in [-0.2, 0) is 0 Å². The Morgan fingerprint density at radius 1 is 1.20 bits per heavy atom. The van der Waals surface area contributed by atoms with Gasteiger partial charge in [-0.2, -0.15) is 0 Å². The van der Waals surface area contributed by atoms with Crippen LogP contribution in [0.1, 0.15) is 53.4 Å². The van der Waals surface area contributed by atoms with Crippen LogP contribution in [0.3, 0.4) is 0 Å². The predicted octanol–water partition coefficient (Wildman–Crippen LogP) is 4.75. The number of nitrogens with zero attached hydrogens (tertiary/aromatic N) is 1. The smallest absolute Gasteiger partial charge is 0.0396 e. The zero-order valence-corrected chi connectivity index (χ0v) is 10.7. The molecular weight excluding hydrogens is 182 g/mol. The second-order valence-electron chi connectivity index (χ2n) is 4.70. The molecule has 0 N–H and O–H groups in total. The molecule has 0 aliphatic carbocycles. The minimum Gasteiger partial charge on any atom is -0.269 e. The molecule has 0 aromatic heterocycles. The van der Waals surface area contributed by atoms with Crippen molar-refractivity contribution in [1.82, 2.24) is 0 Å². The van der Waals surface area contributed by atoms with Crippen molar-refractivity contribution < 1.29 is 0 Å². The van der Waals surface area contributed by atoms with E-state index < -0.39 is 0 Å². The van der Waals surface area contributed by atoms with E-state index in [4.69, 9.17) is 0 Å². The van der Waals surface area contributed by atoms with Gasteiger partial charge in [-0.1, -0.05) is 38.3 Å². The first-order valence-electron chi connectivity index (χ1n) is 5.87. The summed E-state index contributed by atoms with van der Waals surface area (Å²) in [6.07, 6.45) is 9.07. The highest BCUT2D eigenvalue weighted by molar-refractivity contribution is 5.30. The molecule has 0 bridgehead atoms. The summed E-state index contributed by atoms with van der Waals surface area (Å²) >= 11 is 0. The maximum atomic E-state index is 4.04. The van der Waals surface area contributed by atoms with Crippen molar-refractivity contribution in [3.05, 3.63) is 23.4 Å². The highest BCUT2D eigenvalue weighted by Crippen LogP contribution is 2.13. The molecule has 1 nitrogen and oxygen atoms in total. The number of hydrogen-bond donors (Lipinski definition) is 0. The van der Waals surface area contributed by atoms with Gasteiger partial charge in [0, 0.05) is 5.70 Å². The van der Waals surface area contributed by atoms with Crippen molar-refractivity contribution in [2.45, 2.75) is 53.4 Å². The highest BCUT2D eigenvalue weighted by Gasteiger charge is 1.96. The Hall–Kier alpha value is -0.850. The fraction of sp³-hybridized carbons (Fsp3) is 0.643. The molecule has 86 valence electrons. The number of allylic oxidation sites excluding steroid dienone is 4. The van der Waals surface area contributed by atoms with Crippen molar-refractivity contribution in [3.8, 4) is 0 Å². The highest BCUT2D eigenvalue weighted by atomic mass is 14.7. The molecule has 0 rings (SSSR count). The second-order valence-corrected chi connectivity index (χ2v) is 4.70. The van der Waals surface area contributed by atoms with Crippen molar-refractivity contribution in [3.63, 3.8) is 0 Å². The zero-order valence-electron chi connectivity index (χ0n) is 10.7. The lowest BCUT2D eigenvalue weighted by Crippen LogP contribution is -1.87. The summed E-state index contributed by atoms with van der Waals surface area (Å²) in [5.41, 5.74) is 2.42. The molecule has 0 heterocycles. The maximum Gasteiger partial charge on any atom is 0.0396 e. The van der Waals surface area contributed by atoms with Gasteiger partial charge in [-0.25, -0.2) is 0 Å². The van der Waals surface area contributed by atoms with Crippen molar-refractivity contribution in [2.75, 3.05) is 0 Å². The lowest BCUT2D eigenvalue weighted by atomic mass is 10.0. The van der Waals surface area contributed by atoms with Gasteiger partial charge in [0.05, 0.1) is 0 Å². The van der Waals surface area contributed by atoms with Gasteiger partial charge in [-0.3, -0.25) is 4.99 Å². The Morgan fingerprint density at radius 2 is 1.87 bits per heavy atom. The lowest BCUT2D eigenvalue weighted by molar-refractivity contribution is 0.537. The van der Waals surface area contributed by atoms with Gasteiger partial charge in [0.15, 0.2) is 0 Å². The summed E-state index contributed by atoms with van der Waals surface area (Å²) in [7, 11) is 0. The fourth-order valence-electron chi connectivity index (χ4n) is 1.34. The molecule has 0 unspecified atom stereocenters. The molecule has 0 aliphatic rings. The molecule has 1 heteroatoms. The maximum absolute atomic E-state index is 4.04. The van der Waals surface area contributed by atoms with Gasteiger partial charge in [0.1, 0.15) is 0 Å². The van der Waals surface area contributed by atoms with E-state index in [1.54, 1.807) is 0 Å². The molecule has 0 radical (unpaired) electrons. The first kappa shape index (κ1) is 14.2. The van der Waals surface area contributed by atoms with Gasteiger partial charge in [0.25, 0.3) is 0 Å². The normalized spacial score (nSPS) is 11.7. The van der Waals surface area contributed by atoms with E-state index in [9.17, 15) is 0 Å². The molecular formula is C14H25N. The van der Waals surface area contributed by atoms with E-state index >= 15 is 0 Å². The van der Waals surface area contributed by atoms with Gasteiger partial charge < -0.3 is 0 Å².